The van der Waals surface area contributed by atoms with Crippen molar-refractivity contribution in [2.75, 3.05) is 0 Å². The van der Waals surface area contributed by atoms with Gasteiger partial charge in [-0.25, -0.2) is 0 Å². The molecule has 10 heavy (non-hydrogen) atoms. The molecule has 0 bridgehead atoms. The third-order valence-electron chi connectivity index (χ3n) is 1.65. The monoisotopic (exact) mass is 136 g/mol. The van der Waals surface area contributed by atoms with E-state index in [0.717, 1.165) is 0 Å². The number of carbonyl (C=O) groups excluding carboxylic acids is 1. The van der Waals surface area contributed by atoms with Gasteiger partial charge in [-0.05, 0) is 12.0 Å². The van der Waals surface area contributed by atoms with E-state index in [1.807, 2.05) is 0 Å². The van der Waals surface area contributed by atoms with Crippen LogP contribution in [0.4, 0.5) is 0 Å². The fraction of sp³-hybridized carbons (Fsp3) is 0.222. The zero-order valence-corrected chi connectivity index (χ0v) is 5.32. The van der Waals surface area contributed by atoms with Crippen LogP contribution in [0.3, 0.4) is 0 Å². The minimum absolute atomic E-state index is 0.0631. The van der Waals surface area contributed by atoms with E-state index in [0.29, 0.717) is 18.4 Å². The summed E-state index contributed by atoms with van der Waals surface area (Å²) in [5, 5.41) is 0. The Morgan fingerprint density at radius 1 is 1.30 bits per heavy atom. The summed E-state index contributed by atoms with van der Waals surface area (Å²) in [5.74, 6) is -0.174. The summed E-state index contributed by atoms with van der Waals surface area (Å²) < 4.78 is 29.9. The molecule has 0 amide bonds. The molecule has 0 N–H and O–H groups in total. The Morgan fingerprint density at radius 2 is 2.10 bits per heavy atom. The lowest BCUT2D eigenvalue weighted by Gasteiger charge is -1.92. The van der Waals surface area contributed by atoms with Crippen LogP contribution in [0.2, 0.25) is 0 Å². The van der Waals surface area contributed by atoms with Crippen LogP contribution in [0.1, 0.15) is 27.8 Å². The molecule has 2 rings (SSSR count). The van der Waals surface area contributed by atoms with E-state index in [1.165, 1.54) is 0 Å². The first-order chi connectivity index (χ1) is 6.54. The fourth-order valence-corrected chi connectivity index (χ4v) is 1.13. The Balaban J connectivity index is 2.84. The molecular formula is C9H8O. The minimum Gasteiger partial charge on any atom is -0.294 e. The molecule has 0 aromatic heterocycles. The first kappa shape index (κ1) is 2.87. The van der Waals surface area contributed by atoms with Crippen molar-refractivity contribution >= 4 is 5.78 Å². The molecular weight excluding hydrogens is 124 g/mol. The number of Topliss-reactive ketones (excluding diaryl/α,β-unsaturated/α-hetero) is 1. The normalized spacial score (nSPS) is 21.0. The van der Waals surface area contributed by atoms with Crippen molar-refractivity contribution in [3.8, 4) is 0 Å². The van der Waals surface area contributed by atoms with Gasteiger partial charge in [-0.15, -0.1) is 0 Å². The van der Waals surface area contributed by atoms with Crippen LogP contribution >= 0.6 is 0 Å². The lowest BCUT2D eigenvalue weighted by atomic mass is 10.1. The Hall–Kier alpha value is -1.11. The van der Waals surface area contributed by atoms with E-state index >= 15 is 0 Å². The van der Waals surface area contributed by atoms with E-state index in [1.54, 1.807) is 0 Å². The Morgan fingerprint density at radius 3 is 3.00 bits per heavy atom. The molecule has 0 fully saturated rings. The number of benzene rings is 1. The number of rotatable bonds is 0. The van der Waals surface area contributed by atoms with Crippen molar-refractivity contribution in [2.24, 2.45) is 0 Å². The van der Waals surface area contributed by atoms with Crippen LogP contribution < -0.4 is 0 Å². The predicted octanol–water partition coefficient (Wildman–Crippen LogP) is 1.82. The van der Waals surface area contributed by atoms with E-state index in [2.05, 4.69) is 0 Å². The van der Waals surface area contributed by atoms with Gasteiger partial charge in [0.05, 0.1) is 5.48 Å². The summed E-state index contributed by atoms with van der Waals surface area (Å²) in [5.41, 5.74) is 0.664. The maximum Gasteiger partial charge on any atom is 0.163 e. The number of fused-ring (bicyclic) bond motifs is 1. The number of ketones is 1. The van der Waals surface area contributed by atoms with Gasteiger partial charge in [0, 0.05) is 12.0 Å². The van der Waals surface area contributed by atoms with Crippen molar-refractivity contribution in [3.05, 3.63) is 35.3 Å². The summed E-state index contributed by atoms with van der Waals surface area (Å²) >= 11 is 0. The zero-order valence-electron chi connectivity index (χ0n) is 9.32. The zero-order chi connectivity index (χ0) is 10.5. The van der Waals surface area contributed by atoms with Crippen molar-refractivity contribution in [3.63, 3.8) is 0 Å². The minimum atomic E-state index is -0.316. The van der Waals surface area contributed by atoms with Crippen LogP contribution in [-0.4, -0.2) is 5.78 Å². The topological polar surface area (TPSA) is 17.1 Å². The number of hydrogen-bond acceptors (Lipinski definition) is 1. The molecule has 50 valence electrons. The molecule has 0 atom stereocenters. The molecule has 0 saturated heterocycles. The maximum atomic E-state index is 11.4. The molecule has 0 heterocycles. The molecule has 0 aliphatic heterocycles. The van der Waals surface area contributed by atoms with Crippen molar-refractivity contribution in [1.82, 2.24) is 0 Å². The predicted molar refractivity (Wildman–Crippen MR) is 39.1 cm³/mol. The lowest BCUT2D eigenvalue weighted by Crippen LogP contribution is -1.88. The number of carbonyl (C=O) groups is 1. The average Bonchev–Trinajstić information content (AvgIpc) is 2.54. The van der Waals surface area contributed by atoms with Gasteiger partial charge < -0.3 is 0 Å². The van der Waals surface area contributed by atoms with Crippen LogP contribution in [-0.2, 0) is 6.42 Å². The molecule has 1 aliphatic carbocycles. The van der Waals surface area contributed by atoms with E-state index in [-0.39, 0.29) is 35.5 Å². The standard InChI is InChI=1S/C9H8O/c10-9-6-5-7-3-1-2-4-8(7)9/h1-4H,5-6H2/i1D,2D,3D,4D. The molecule has 0 saturated carbocycles. The second kappa shape index (κ2) is 1.94. The van der Waals surface area contributed by atoms with Crippen LogP contribution in [0.15, 0.2) is 24.2 Å². The van der Waals surface area contributed by atoms with Crippen LogP contribution in [0.5, 0.6) is 0 Å². The quantitative estimate of drug-likeness (QED) is 0.531. The van der Waals surface area contributed by atoms with Gasteiger partial charge in [-0.1, -0.05) is 24.2 Å². The second-order valence-electron chi connectivity index (χ2n) is 2.28. The number of hydrogen-bond donors (Lipinski definition) is 0. The molecule has 0 spiro atoms. The largest absolute Gasteiger partial charge is 0.294 e. The van der Waals surface area contributed by atoms with E-state index in [4.69, 9.17) is 5.48 Å². The Kier molecular flexibility index (Phi) is 0.557. The van der Waals surface area contributed by atoms with Crippen molar-refractivity contribution in [2.45, 2.75) is 12.8 Å². The highest BCUT2D eigenvalue weighted by Gasteiger charge is 2.17. The second-order valence-corrected chi connectivity index (χ2v) is 2.28. The summed E-state index contributed by atoms with van der Waals surface area (Å²) in [6.45, 7) is 0. The van der Waals surface area contributed by atoms with Crippen molar-refractivity contribution in [1.29, 1.82) is 0 Å². The first-order valence-corrected chi connectivity index (χ1v) is 3.16. The molecule has 1 aromatic rings. The summed E-state index contributed by atoms with van der Waals surface area (Å²) in [4.78, 5) is 11.4. The maximum absolute atomic E-state index is 11.4. The highest BCUT2D eigenvalue weighted by molar-refractivity contribution is 6.00. The SMILES string of the molecule is [2H]c1c([2H])c([2H])c2c(c1[2H])CCC2=O. The fourth-order valence-electron chi connectivity index (χ4n) is 1.13. The molecule has 0 radical (unpaired) electrons. The van der Waals surface area contributed by atoms with Gasteiger partial charge in [-0.2, -0.15) is 0 Å². The third kappa shape index (κ3) is 0.670. The van der Waals surface area contributed by atoms with E-state index in [9.17, 15) is 4.79 Å². The van der Waals surface area contributed by atoms with Crippen LogP contribution in [0.25, 0.3) is 0 Å². The van der Waals surface area contributed by atoms with Gasteiger partial charge in [0.25, 0.3) is 0 Å². The smallest absolute Gasteiger partial charge is 0.163 e. The van der Waals surface area contributed by atoms with Gasteiger partial charge in [0.2, 0.25) is 0 Å². The summed E-state index contributed by atoms with van der Waals surface area (Å²) in [6.07, 6.45) is 0.737. The third-order valence-corrected chi connectivity index (χ3v) is 1.65. The summed E-state index contributed by atoms with van der Waals surface area (Å²) in [6, 6.07) is -0.817. The van der Waals surface area contributed by atoms with Crippen LogP contribution in [0, 0.1) is 0 Å². The molecule has 0 unspecified atom stereocenters. The van der Waals surface area contributed by atoms with Crippen molar-refractivity contribution < 1.29 is 10.3 Å². The highest BCUT2D eigenvalue weighted by atomic mass is 16.1. The Labute approximate surface area is 65.3 Å². The van der Waals surface area contributed by atoms with Gasteiger partial charge in [-0.3, -0.25) is 4.79 Å². The lowest BCUT2D eigenvalue weighted by molar-refractivity contribution is 0.0994. The average molecular weight is 136 g/mol. The van der Waals surface area contributed by atoms with Gasteiger partial charge >= 0.3 is 0 Å². The van der Waals surface area contributed by atoms with Gasteiger partial charge in [0.15, 0.2) is 5.78 Å². The molecule has 1 heteroatoms. The molecule has 1 nitrogen and oxygen atoms in total. The van der Waals surface area contributed by atoms with E-state index < -0.39 is 0 Å². The Bertz CT molecular complexity index is 439. The highest BCUT2D eigenvalue weighted by Crippen LogP contribution is 2.20. The molecule has 1 aliphatic rings. The molecule has 1 aromatic carbocycles. The van der Waals surface area contributed by atoms with Gasteiger partial charge in [0.1, 0.15) is 0 Å². The first-order valence-electron chi connectivity index (χ1n) is 5.16. The summed E-state index contributed by atoms with van der Waals surface area (Å²) in [7, 11) is 0.